The maximum absolute atomic E-state index is 5.13. The minimum Gasteiger partial charge on any atom is -0.383 e. The highest BCUT2D eigenvalue weighted by atomic mass is 16.5. The Bertz CT molecular complexity index is 540. The standard InChI is InChI=1S/C15H21N3O/c1-15(2,3)13-8-6-5-7-12(13)14-17-16-11-18(14)9-10-19-4/h5-8,11H,9-10H2,1-4H3. The van der Waals surface area contributed by atoms with Gasteiger partial charge >= 0.3 is 0 Å². The fraction of sp³-hybridized carbons (Fsp3) is 0.467. The number of hydrogen-bond acceptors (Lipinski definition) is 3. The molecule has 4 heteroatoms. The Morgan fingerprint density at radius 3 is 2.63 bits per heavy atom. The Morgan fingerprint density at radius 1 is 1.21 bits per heavy atom. The molecule has 0 atom stereocenters. The van der Waals surface area contributed by atoms with Crippen molar-refractivity contribution in [1.29, 1.82) is 0 Å². The van der Waals surface area contributed by atoms with Gasteiger partial charge in [0.2, 0.25) is 0 Å². The number of nitrogens with zero attached hydrogens (tertiary/aromatic N) is 3. The molecule has 1 heterocycles. The second-order valence-corrected chi connectivity index (χ2v) is 5.64. The van der Waals surface area contributed by atoms with Gasteiger partial charge in [0.05, 0.1) is 6.61 Å². The van der Waals surface area contributed by atoms with E-state index >= 15 is 0 Å². The van der Waals surface area contributed by atoms with E-state index in [2.05, 4.69) is 49.2 Å². The van der Waals surface area contributed by atoms with E-state index in [1.807, 2.05) is 10.6 Å². The number of ether oxygens (including phenoxy) is 1. The van der Waals surface area contributed by atoms with E-state index in [4.69, 9.17) is 4.74 Å². The molecule has 19 heavy (non-hydrogen) atoms. The molecule has 0 saturated heterocycles. The summed E-state index contributed by atoms with van der Waals surface area (Å²) in [4.78, 5) is 0. The van der Waals surface area contributed by atoms with Crippen molar-refractivity contribution in [3.8, 4) is 11.4 Å². The van der Waals surface area contributed by atoms with Crippen LogP contribution in [0.4, 0.5) is 0 Å². The number of benzene rings is 1. The number of methoxy groups -OCH3 is 1. The number of rotatable bonds is 4. The maximum atomic E-state index is 5.13. The zero-order valence-corrected chi connectivity index (χ0v) is 12.1. The van der Waals surface area contributed by atoms with E-state index in [-0.39, 0.29) is 5.41 Å². The third kappa shape index (κ3) is 3.01. The lowest BCUT2D eigenvalue weighted by molar-refractivity contribution is 0.187. The van der Waals surface area contributed by atoms with Gasteiger partial charge < -0.3 is 9.30 Å². The monoisotopic (exact) mass is 259 g/mol. The van der Waals surface area contributed by atoms with Gasteiger partial charge in [0, 0.05) is 19.2 Å². The summed E-state index contributed by atoms with van der Waals surface area (Å²) in [7, 11) is 1.70. The third-order valence-corrected chi connectivity index (χ3v) is 3.13. The van der Waals surface area contributed by atoms with Crippen LogP contribution in [0.15, 0.2) is 30.6 Å². The average Bonchev–Trinajstić information content (AvgIpc) is 2.83. The summed E-state index contributed by atoms with van der Waals surface area (Å²) in [6.45, 7) is 8.05. The van der Waals surface area contributed by atoms with Crippen LogP contribution in [0.5, 0.6) is 0 Å². The Morgan fingerprint density at radius 2 is 1.95 bits per heavy atom. The van der Waals surface area contributed by atoms with Crippen LogP contribution in [0.3, 0.4) is 0 Å². The van der Waals surface area contributed by atoms with Gasteiger partial charge in [0.1, 0.15) is 6.33 Å². The summed E-state index contributed by atoms with van der Waals surface area (Å²) in [6.07, 6.45) is 1.76. The van der Waals surface area contributed by atoms with Gasteiger partial charge in [-0.3, -0.25) is 0 Å². The molecule has 0 spiro atoms. The van der Waals surface area contributed by atoms with Gasteiger partial charge in [0.15, 0.2) is 5.82 Å². The highest BCUT2D eigenvalue weighted by Crippen LogP contribution is 2.31. The Labute approximate surface area is 114 Å². The predicted octanol–water partition coefficient (Wildman–Crippen LogP) is 2.89. The van der Waals surface area contributed by atoms with Crippen molar-refractivity contribution in [2.45, 2.75) is 32.7 Å². The van der Waals surface area contributed by atoms with Crippen LogP contribution < -0.4 is 0 Å². The quantitative estimate of drug-likeness (QED) is 0.847. The lowest BCUT2D eigenvalue weighted by atomic mass is 9.83. The van der Waals surface area contributed by atoms with E-state index in [0.29, 0.717) is 6.61 Å². The first-order valence-electron chi connectivity index (χ1n) is 6.50. The Hall–Kier alpha value is -1.68. The summed E-state index contributed by atoms with van der Waals surface area (Å²) in [5.41, 5.74) is 2.50. The highest BCUT2D eigenvalue weighted by molar-refractivity contribution is 5.62. The first-order chi connectivity index (χ1) is 9.04. The third-order valence-electron chi connectivity index (χ3n) is 3.13. The summed E-state index contributed by atoms with van der Waals surface area (Å²) in [6, 6.07) is 8.37. The van der Waals surface area contributed by atoms with E-state index in [0.717, 1.165) is 17.9 Å². The first kappa shape index (κ1) is 13.7. The van der Waals surface area contributed by atoms with E-state index < -0.39 is 0 Å². The van der Waals surface area contributed by atoms with Gasteiger partial charge in [-0.05, 0) is 11.0 Å². The zero-order chi connectivity index (χ0) is 13.9. The molecule has 0 unspecified atom stereocenters. The van der Waals surface area contributed by atoms with Crippen molar-refractivity contribution in [2.75, 3.05) is 13.7 Å². The van der Waals surface area contributed by atoms with Gasteiger partial charge in [-0.25, -0.2) is 0 Å². The predicted molar refractivity (Wildman–Crippen MR) is 76.0 cm³/mol. The minimum absolute atomic E-state index is 0.0780. The molecular weight excluding hydrogens is 238 g/mol. The zero-order valence-electron chi connectivity index (χ0n) is 12.1. The molecule has 2 aromatic rings. The van der Waals surface area contributed by atoms with Crippen LogP contribution in [0.1, 0.15) is 26.3 Å². The Kier molecular flexibility index (Phi) is 4.00. The molecule has 0 amide bonds. The highest BCUT2D eigenvalue weighted by Gasteiger charge is 2.20. The van der Waals surface area contributed by atoms with Gasteiger partial charge in [-0.15, -0.1) is 10.2 Å². The van der Waals surface area contributed by atoms with E-state index in [9.17, 15) is 0 Å². The lowest BCUT2D eigenvalue weighted by Gasteiger charge is -2.22. The van der Waals surface area contributed by atoms with Crippen molar-refractivity contribution in [3.63, 3.8) is 0 Å². The Balaban J connectivity index is 2.45. The molecule has 0 aliphatic carbocycles. The summed E-state index contributed by atoms with van der Waals surface area (Å²) in [5.74, 6) is 0.905. The van der Waals surface area contributed by atoms with Gasteiger partial charge in [0.25, 0.3) is 0 Å². The maximum Gasteiger partial charge on any atom is 0.164 e. The molecule has 0 bridgehead atoms. The number of hydrogen-bond donors (Lipinski definition) is 0. The topological polar surface area (TPSA) is 39.9 Å². The normalized spacial score (nSPS) is 11.8. The van der Waals surface area contributed by atoms with Crippen LogP contribution in [0.25, 0.3) is 11.4 Å². The number of aromatic nitrogens is 3. The van der Waals surface area contributed by atoms with Crippen molar-refractivity contribution < 1.29 is 4.74 Å². The van der Waals surface area contributed by atoms with Crippen LogP contribution in [-0.4, -0.2) is 28.5 Å². The largest absolute Gasteiger partial charge is 0.383 e. The molecule has 2 rings (SSSR count). The van der Waals surface area contributed by atoms with Crippen LogP contribution in [0.2, 0.25) is 0 Å². The second kappa shape index (κ2) is 5.53. The van der Waals surface area contributed by atoms with Crippen molar-refractivity contribution in [1.82, 2.24) is 14.8 Å². The molecule has 0 N–H and O–H groups in total. The van der Waals surface area contributed by atoms with Gasteiger partial charge in [-0.2, -0.15) is 0 Å². The minimum atomic E-state index is 0.0780. The second-order valence-electron chi connectivity index (χ2n) is 5.64. The molecule has 4 nitrogen and oxygen atoms in total. The fourth-order valence-corrected chi connectivity index (χ4v) is 2.15. The van der Waals surface area contributed by atoms with Crippen molar-refractivity contribution >= 4 is 0 Å². The summed E-state index contributed by atoms with van der Waals surface area (Å²) >= 11 is 0. The molecule has 0 saturated carbocycles. The summed E-state index contributed by atoms with van der Waals surface area (Å²) in [5, 5.41) is 8.30. The molecular formula is C15H21N3O. The molecule has 0 radical (unpaired) electrons. The molecule has 0 aliphatic rings. The molecule has 0 aliphatic heterocycles. The SMILES string of the molecule is COCCn1cnnc1-c1ccccc1C(C)(C)C. The molecule has 1 aromatic carbocycles. The van der Waals surface area contributed by atoms with E-state index in [1.165, 1.54) is 5.56 Å². The average molecular weight is 259 g/mol. The van der Waals surface area contributed by atoms with Crippen molar-refractivity contribution in [2.24, 2.45) is 0 Å². The van der Waals surface area contributed by atoms with Gasteiger partial charge in [-0.1, -0.05) is 45.0 Å². The van der Waals surface area contributed by atoms with Crippen LogP contribution in [0, 0.1) is 0 Å². The molecule has 1 aromatic heterocycles. The fourth-order valence-electron chi connectivity index (χ4n) is 2.15. The smallest absolute Gasteiger partial charge is 0.164 e. The van der Waals surface area contributed by atoms with E-state index in [1.54, 1.807) is 13.4 Å². The molecule has 102 valence electrons. The van der Waals surface area contributed by atoms with Crippen LogP contribution >= 0.6 is 0 Å². The first-order valence-corrected chi connectivity index (χ1v) is 6.50. The summed E-state index contributed by atoms with van der Waals surface area (Å²) < 4.78 is 7.16. The van der Waals surface area contributed by atoms with Crippen molar-refractivity contribution in [3.05, 3.63) is 36.2 Å². The lowest BCUT2D eigenvalue weighted by Crippen LogP contribution is -2.14. The molecule has 0 fully saturated rings. The van der Waals surface area contributed by atoms with Crippen LogP contribution in [-0.2, 0) is 16.7 Å².